The van der Waals surface area contributed by atoms with Crippen LogP contribution in [0.25, 0.3) is 0 Å². The highest BCUT2D eigenvalue weighted by molar-refractivity contribution is 7.89. The molecule has 30 heavy (non-hydrogen) atoms. The predicted octanol–water partition coefficient (Wildman–Crippen LogP) is 2.49. The molecule has 1 saturated heterocycles. The number of benzene rings is 2. The van der Waals surface area contributed by atoms with Gasteiger partial charge in [-0.25, -0.2) is 13.1 Å². The van der Waals surface area contributed by atoms with Crippen LogP contribution in [-0.4, -0.2) is 44.8 Å². The Morgan fingerprint density at radius 1 is 1.13 bits per heavy atom. The molecule has 9 heteroatoms. The SMILES string of the molecule is O=C(CCNS(=O)(=O)c1cccc(Cl)c1)NC(CN1CCCC1=O)c1ccccc1. The number of halogens is 1. The Balaban J connectivity index is 1.58. The molecule has 0 saturated carbocycles. The maximum atomic E-state index is 12.5. The molecule has 2 N–H and O–H groups in total. The van der Waals surface area contributed by atoms with Crippen molar-refractivity contribution < 1.29 is 18.0 Å². The number of hydrogen-bond acceptors (Lipinski definition) is 4. The third-order valence-corrected chi connectivity index (χ3v) is 6.56. The van der Waals surface area contributed by atoms with Crippen molar-refractivity contribution in [2.45, 2.75) is 30.2 Å². The van der Waals surface area contributed by atoms with Gasteiger partial charge in [0, 0.05) is 37.5 Å². The second-order valence-electron chi connectivity index (χ2n) is 7.08. The summed E-state index contributed by atoms with van der Waals surface area (Å²) in [6.45, 7) is 1.02. The van der Waals surface area contributed by atoms with Gasteiger partial charge in [-0.15, -0.1) is 0 Å². The van der Waals surface area contributed by atoms with Gasteiger partial charge in [0.1, 0.15) is 0 Å². The standard InChI is InChI=1S/C21H24ClN3O4S/c22-17-8-4-9-18(14-17)30(28,29)23-12-11-20(26)24-19(16-6-2-1-3-7-16)15-25-13-5-10-21(25)27/h1-4,6-9,14,19,23H,5,10-13,15H2,(H,24,26). The van der Waals surface area contributed by atoms with Crippen LogP contribution in [0.4, 0.5) is 0 Å². The van der Waals surface area contributed by atoms with Crippen LogP contribution in [0, 0.1) is 0 Å². The van der Waals surface area contributed by atoms with Crippen molar-refractivity contribution in [1.29, 1.82) is 0 Å². The number of carbonyl (C=O) groups excluding carboxylic acids is 2. The molecule has 1 atom stereocenters. The molecule has 1 unspecified atom stereocenters. The van der Waals surface area contributed by atoms with E-state index in [2.05, 4.69) is 10.0 Å². The Kier molecular flexibility index (Phi) is 7.47. The van der Waals surface area contributed by atoms with Gasteiger partial charge in [0.2, 0.25) is 21.8 Å². The minimum atomic E-state index is -3.75. The van der Waals surface area contributed by atoms with Gasteiger partial charge >= 0.3 is 0 Å². The molecule has 0 bridgehead atoms. The second-order valence-corrected chi connectivity index (χ2v) is 9.28. The number of rotatable bonds is 9. The average molecular weight is 450 g/mol. The van der Waals surface area contributed by atoms with E-state index in [0.717, 1.165) is 12.0 Å². The minimum Gasteiger partial charge on any atom is -0.347 e. The quantitative estimate of drug-likeness (QED) is 0.614. The second kappa shape index (κ2) is 10.1. The summed E-state index contributed by atoms with van der Waals surface area (Å²) in [7, 11) is -3.75. The first-order valence-electron chi connectivity index (χ1n) is 9.72. The lowest BCUT2D eigenvalue weighted by atomic mass is 10.1. The molecule has 1 heterocycles. The molecule has 2 amide bonds. The van der Waals surface area contributed by atoms with Crippen molar-refractivity contribution in [3.8, 4) is 0 Å². The molecule has 2 aromatic carbocycles. The highest BCUT2D eigenvalue weighted by atomic mass is 35.5. The zero-order valence-corrected chi connectivity index (χ0v) is 18.0. The first kappa shape index (κ1) is 22.3. The van der Waals surface area contributed by atoms with E-state index >= 15 is 0 Å². The van der Waals surface area contributed by atoms with E-state index in [0.29, 0.717) is 24.5 Å². The van der Waals surface area contributed by atoms with Crippen molar-refractivity contribution in [2.75, 3.05) is 19.6 Å². The van der Waals surface area contributed by atoms with Crippen LogP contribution in [0.1, 0.15) is 30.9 Å². The van der Waals surface area contributed by atoms with Crippen molar-refractivity contribution >= 4 is 33.4 Å². The number of sulfonamides is 1. The van der Waals surface area contributed by atoms with Gasteiger partial charge in [-0.2, -0.15) is 0 Å². The summed E-state index contributed by atoms with van der Waals surface area (Å²) < 4.78 is 27.1. The highest BCUT2D eigenvalue weighted by Crippen LogP contribution is 2.19. The van der Waals surface area contributed by atoms with Crippen molar-refractivity contribution in [2.24, 2.45) is 0 Å². The molecule has 2 aromatic rings. The maximum Gasteiger partial charge on any atom is 0.240 e. The lowest BCUT2D eigenvalue weighted by Gasteiger charge is -2.25. The van der Waals surface area contributed by atoms with Gasteiger partial charge < -0.3 is 10.2 Å². The summed E-state index contributed by atoms with van der Waals surface area (Å²) in [4.78, 5) is 26.3. The lowest BCUT2D eigenvalue weighted by molar-refractivity contribution is -0.129. The topological polar surface area (TPSA) is 95.6 Å². The lowest BCUT2D eigenvalue weighted by Crippen LogP contribution is -2.39. The van der Waals surface area contributed by atoms with Gasteiger partial charge in [0.05, 0.1) is 10.9 Å². The van der Waals surface area contributed by atoms with Crippen LogP contribution >= 0.6 is 11.6 Å². The van der Waals surface area contributed by atoms with E-state index in [1.807, 2.05) is 30.3 Å². The summed E-state index contributed by atoms with van der Waals surface area (Å²) in [5.74, 6) is -0.219. The monoisotopic (exact) mass is 449 g/mol. The summed E-state index contributed by atoms with van der Waals surface area (Å²) in [5.41, 5.74) is 0.894. The zero-order valence-electron chi connectivity index (χ0n) is 16.4. The Morgan fingerprint density at radius 3 is 2.57 bits per heavy atom. The van der Waals surface area contributed by atoms with Gasteiger partial charge in [-0.1, -0.05) is 48.0 Å². The van der Waals surface area contributed by atoms with E-state index in [4.69, 9.17) is 11.6 Å². The number of hydrogen-bond donors (Lipinski definition) is 2. The number of amides is 2. The first-order valence-corrected chi connectivity index (χ1v) is 11.6. The van der Waals surface area contributed by atoms with E-state index in [1.165, 1.54) is 12.1 Å². The molecule has 1 aliphatic rings. The molecular formula is C21H24ClN3O4S. The van der Waals surface area contributed by atoms with Crippen molar-refractivity contribution in [3.05, 3.63) is 65.2 Å². The normalized spacial score (nSPS) is 15.2. The van der Waals surface area contributed by atoms with Crippen LogP contribution in [0.2, 0.25) is 5.02 Å². The summed E-state index contributed by atoms with van der Waals surface area (Å²) in [5, 5.41) is 3.24. The molecule has 1 aliphatic heterocycles. The van der Waals surface area contributed by atoms with E-state index < -0.39 is 10.0 Å². The zero-order chi connectivity index (χ0) is 21.6. The molecular weight excluding hydrogens is 426 g/mol. The Bertz CT molecular complexity index is 998. The molecule has 0 radical (unpaired) electrons. The van der Waals surface area contributed by atoms with Crippen LogP contribution < -0.4 is 10.0 Å². The average Bonchev–Trinajstić information content (AvgIpc) is 3.12. The van der Waals surface area contributed by atoms with Crippen LogP contribution in [0.15, 0.2) is 59.5 Å². The van der Waals surface area contributed by atoms with Gasteiger partial charge in [0.15, 0.2) is 0 Å². The molecule has 0 aromatic heterocycles. The summed E-state index contributed by atoms with van der Waals surface area (Å²) in [6, 6.07) is 15.0. The number of nitrogens with zero attached hydrogens (tertiary/aromatic N) is 1. The largest absolute Gasteiger partial charge is 0.347 e. The first-order chi connectivity index (χ1) is 14.3. The van der Waals surface area contributed by atoms with Gasteiger partial charge in [-0.05, 0) is 30.2 Å². The van der Waals surface area contributed by atoms with Crippen molar-refractivity contribution in [3.63, 3.8) is 0 Å². The maximum absolute atomic E-state index is 12.5. The fourth-order valence-corrected chi connectivity index (χ4v) is 4.65. The van der Waals surface area contributed by atoms with Gasteiger partial charge in [0.25, 0.3) is 0 Å². The third-order valence-electron chi connectivity index (χ3n) is 4.86. The Morgan fingerprint density at radius 2 is 1.90 bits per heavy atom. The van der Waals surface area contributed by atoms with Gasteiger partial charge in [-0.3, -0.25) is 9.59 Å². The minimum absolute atomic E-state index is 0.0307. The van der Waals surface area contributed by atoms with Crippen LogP contribution in [0.5, 0.6) is 0 Å². The highest BCUT2D eigenvalue weighted by Gasteiger charge is 2.25. The third kappa shape index (κ3) is 6.04. The number of likely N-dealkylation sites (tertiary alicyclic amines) is 1. The fourth-order valence-electron chi connectivity index (χ4n) is 3.32. The molecule has 160 valence electrons. The predicted molar refractivity (Wildman–Crippen MR) is 114 cm³/mol. The Labute approximate surface area is 181 Å². The fraction of sp³-hybridized carbons (Fsp3) is 0.333. The number of carbonyl (C=O) groups is 2. The van der Waals surface area contributed by atoms with E-state index in [-0.39, 0.29) is 35.7 Å². The van der Waals surface area contributed by atoms with Crippen LogP contribution in [0.3, 0.4) is 0 Å². The molecule has 3 rings (SSSR count). The van der Waals surface area contributed by atoms with Crippen LogP contribution in [-0.2, 0) is 19.6 Å². The van der Waals surface area contributed by atoms with E-state index in [1.54, 1.807) is 17.0 Å². The number of nitrogens with one attached hydrogen (secondary N) is 2. The summed E-state index contributed by atoms with van der Waals surface area (Å²) >= 11 is 5.85. The molecule has 1 fully saturated rings. The van der Waals surface area contributed by atoms with Crippen molar-refractivity contribution in [1.82, 2.24) is 14.9 Å². The summed E-state index contributed by atoms with van der Waals surface area (Å²) in [6.07, 6.45) is 1.32. The Hall–Kier alpha value is -2.42. The molecule has 7 nitrogen and oxygen atoms in total. The molecule has 0 spiro atoms. The van der Waals surface area contributed by atoms with E-state index in [9.17, 15) is 18.0 Å². The smallest absolute Gasteiger partial charge is 0.240 e. The molecule has 0 aliphatic carbocycles.